The second-order valence-electron chi connectivity index (χ2n) is 8.77. The van der Waals surface area contributed by atoms with Gasteiger partial charge in [0.2, 0.25) is 0 Å². The van der Waals surface area contributed by atoms with E-state index in [1.165, 1.54) is 11.0 Å². The predicted molar refractivity (Wildman–Crippen MR) is 141 cm³/mol. The van der Waals surface area contributed by atoms with Gasteiger partial charge in [-0.05, 0) is 93.5 Å². The molecule has 2 aromatic rings. The molecule has 0 saturated carbocycles. The Bertz CT molecular complexity index is 1260. The van der Waals surface area contributed by atoms with E-state index in [1.54, 1.807) is 31.4 Å². The summed E-state index contributed by atoms with van der Waals surface area (Å²) in [6.45, 7) is 9.30. The number of thiocarbonyl (C=S) groups is 1. The molecule has 0 radical (unpaired) electrons. The lowest BCUT2D eigenvalue weighted by molar-refractivity contribution is -0.122. The molecule has 1 saturated heterocycles. The summed E-state index contributed by atoms with van der Waals surface area (Å²) in [5, 5.41) is 3.09. The van der Waals surface area contributed by atoms with Crippen LogP contribution in [0.1, 0.15) is 38.8 Å². The molecular formula is C26H26ClN3O3S. The molecule has 0 aliphatic carbocycles. The number of rotatable bonds is 4. The number of nitrogens with zero attached hydrogens (tertiary/aromatic N) is 2. The van der Waals surface area contributed by atoms with Gasteiger partial charge >= 0.3 is 0 Å². The van der Waals surface area contributed by atoms with Crippen molar-refractivity contribution in [2.75, 3.05) is 23.5 Å². The highest BCUT2D eigenvalue weighted by Crippen LogP contribution is 2.41. The maximum Gasteiger partial charge on any atom is 0.270 e. The van der Waals surface area contributed by atoms with Gasteiger partial charge in [0.1, 0.15) is 11.3 Å². The summed E-state index contributed by atoms with van der Waals surface area (Å²) in [6.07, 6.45) is 3.74. The van der Waals surface area contributed by atoms with Crippen LogP contribution < -0.4 is 19.9 Å². The summed E-state index contributed by atoms with van der Waals surface area (Å²) in [5.41, 5.74) is 4.08. The number of hydrogen-bond acceptors (Lipinski definition) is 5. The lowest BCUT2D eigenvalue weighted by Crippen LogP contribution is -2.54. The van der Waals surface area contributed by atoms with Crippen molar-refractivity contribution in [3.63, 3.8) is 0 Å². The van der Waals surface area contributed by atoms with Crippen LogP contribution in [0.2, 0.25) is 5.02 Å². The molecule has 34 heavy (non-hydrogen) atoms. The monoisotopic (exact) mass is 495 g/mol. The molecule has 2 amide bonds. The first kappa shape index (κ1) is 24.0. The van der Waals surface area contributed by atoms with Crippen molar-refractivity contribution in [2.24, 2.45) is 0 Å². The summed E-state index contributed by atoms with van der Waals surface area (Å²) in [5.74, 6) is -0.430. The average Bonchev–Trinajstić information content (AvgIpc) is 2.77. The van der Waals surface area contributed by atoms with Crippen LogP contribution in [0.3, 0.4) is 0 Å². The molecule has 6 nitrogen and oxygen atoms in total. The summed E-state index contributed by atoms with van der Waals surface area (Å²) in [4.78, 5) is 29.7. The second-order valence-corrected chi connectivity index (χ2v) is 9.57. The number of nitrogens with one attached hydrogen (secondary N) is 1. The van der Waals surface area contributed by atoms with Crippen molar-refractivity contribution >= 4 is 63.8 Å². The molecule has 0 bridgehead atoms. The number of fused-ring (bicyclic) bond motifs is 1. The van der Waals surface area contributed by atoms with E-state index in [2.05, 4.69) is 44.0 Å². The van der Waals surface area contributed by atoms with Crippen molar-refractivity contribution in [2.45, 2.75) is 33.2 Å². The van der Waals surface area contributed by atoms with Crippen LogP contribution in [0.4, 0.5) is 11.4 Å². The van der Waals surface area contributed by atoms with Crippen molar-refractivity contribution in [1.29, 1.82) is 0 Å². The van der Waals surface area contributed by atoms with Crippen molar-refractivity contribution in [3.8, 4) is 5.75 Å². The molecular weight excluding hydrogens is 470 g/mol. The largest absolute Gasteiger partial charge is 0.497 e. The molecule has 4 rings (SSSR count). The van der Waals surface area contributed by atoms with Crippen LogP contribution >= 0.6 is 23.8 Å². The van der Waals surface area contributed by atoms with Gasteiger partial charge in [-0.1, -0.05) is 17.7 Å². The number of halogens is 1. The molecule has 0 atom stereocenters. The first-order valence-corrected chi connectivity index (χ1v) is 11.7. The number of amides is 2. The lowest BCUT2D eigenvalue weighted by Gasteiger charge is -2.43. The third-order valence-corrected chi connectivity index (χ3v) is 6.76. The van der Waals surface area contributed by atoms with Crippen molar-refractivity contribution < 1.29 is 14.3 Å². The predicted octanol–water partition coefficient (Wildman–Crippen LogP) is 5.20. The Morgan fingerprint density at radius 1 is 1.18 bits per heavy atom. The third-order valence-electron chi connectivity index (χ3n) is 6.14. The standard InChI is InChI=1S/C26H26ClN3O3S/c1-6-29-22-13-21(27)16(11-19(22)15(2)14-26(29,3)4)12-20-23(31)28-25(34)30(24(20)32)17-7-9-18(33-5)10-8-17/h7-14H,6H2,1-5H3,(H,28,31,34)/b20-12-. The zero-order chi connectivity index (χ0) is 24.8. The molecule has 1 N–H and O–H groups in total. The Hall–Kier alpha value is -3.16. The molecule has 0 unspecified atom stereocenters. The molecule has 8 heteroatoms. The quantitative estimate of drug-likeness (QED) is 0.359. The number of likely N-dealkylation sites (N-methyl/N-ethyl adjacent to an activating group) is 1. The zero-order valence-electron chi connectivity index (χ0n) is 19.7. The Balaban J connectivity index is 1.77. The van der Waals surface area contributed by atoms with Gasteiger partial charge in [-0.25, -0.2) is 0 Å². The number of carbonyl (C=O) groups excluding carboxylic acids is 2. The lowest BCUT2D eigenvalue weighted by atomic mass is 9.87. The van der Waals surface area contributed by atoms with E-state index in [9.17, 15) is 9.59 Å². The highest BCUT2D eigenvalue weighted by atomic mass is 35.5. The highest BCUT2D eigenvalue weighted by molar-refractivity contribution is 7.80. The number of methoxy groups -OCH3 is 1. The molecule has 1 fully saturated rings. The average molecular weight is 496 g/mol. The fraction of sp³-hybridized carbons (Fsp3) is 0.269. The number of allylic oxidation sites excluding steroid dienone is 1. The van der Waals surface area contributed by atoms with Crippen LogP contribution in [-0.4, -0.2) is 36.1 Å². The summed E-state index contributed by atoms with van der Waals surface area (Å²) < 4.78 is 5.18. The first-order chi connectivity index (χ1) is 16.1. The smallest absolute Gasteiger partial charge is 0.270 e. The SMILES string of the molecule is CCN1c2cc(Cl)c(/C=C3/C(=O)NC(=S)N(c4ccc(OC)cc4)C3=O)cc2C(C)=CC1(C)C. The fourth-order valence-corrected chi connectivity index (χ4v) is 5.08. The van der Waals surface area contributed by atoms with Gasteiger partial charge in [-0.2, -0.15) is 0 Å². The third kappa shape index (κ3) is 4.10. The maximum absolute atomic E-state index is 13.4. The Morgan fingerprint density at radius 3 is 2.47 bits per heavy atom. The molecule has 2 heterocycles. The van der Waals surface area contributed by atoms with Crippen LogP contribution in [0, 0.1) is 0 Å². The van der Waals surface area contributed by atoms with Crippen molar-refractivity contribution in [3.05, 3.63) is 64.2 Å². The van der Waals surface area contributed by atoms with E-state index < -0.39 is 11.8 Å². The fourth-order valence-electron chi connectivity index (χ4n) is 4.58. The molecule has 2 aliphatic rings. The van der Waals surface area contributed by atoms with Gasteiger partial charge < -0.3 is 9.64 Å². The van der Waals surface area contributed by atoms with E-state index in [1.807, 2.05) is 12.1 Å². The van der Waals surface area contributed by atoms with E-state index >= 15 is 0 Å². The van der Waals surface area contributed by atoms with Crippen LogP contribution in [0.15, 0.2) is 48.0 Å². The van der Waals surface area contributed by atoms with Gasteiger partial charge in [0.15, 0.2) is 5.11 Å². The minimum absolute atomic E-state index is 0.0217. The molecule has 2 aromatic carbocycles. The Morgan fingerprint density at radius 2 is 1.85 bits per heavy atom. The zero-order valence-corrected chi connectivity index (χ0v) is 21.3. The number of benzene rings is 2. The van der Waals surface area contributed by atoms with E-state index in [0.717, 1.165) is 23.4 Å². The summed E-state index contributed by atoms with van der Waals surface area (Å²) in [6, 6.07) is 10.7. The second kappa shape index (κ2) is 8.89. The minimum Gasteiger partial charge on any atom is -0.497 e. The normalized spacial score (nSPS) is 18.6. The highest BCUT2D eigenvalue weighted by Gasteiger charge is 2.35. The summed E-state index contributed by atoms with van der Waals surface area (Å²) in [7, 11) is 1.56. The maximum atomic E-state index is 13.4. The number of anilines is 2. The Kier molecular flexibility index (Phi) is 6.27. The Labute approximate surface area is 209 Å². The van der Waals surface area contributed by atoms with Gasteiger partial charge in [-0.15, -0.1) is 0 Å². The van der Waals surface area contributed by atoms with Gasteiger partial charge in [0, 0.05) is 22.8 Å². The first-order valence-electron chi connectivity index (χ1n) is 10.9. The number of hydrogen-bond donors (Lipinski definition) is 1. The van der Waals surface area contributed by atoms with E-state index in [-0.39, 0.29) is 16.2 Å². The molecule has 176 valence electrons. The van der Waals surface area contributed by atoms with Gasteiger partial charge in [0.05, 0.1) is 18.3 Å². The van der Waals surface area contributed by atoms with Gasteiger partial charge in [0.25, 0.3) is 11.8 Å². The molecule has 0 spiro atoms. The molecule has 2 aliphatic heterocycles. The van der Waals surface area contributed by atoms with E-state index in [4.69, 9.17) is 28.6 Å². The minimum atomic E-state index is -0.558. The van der Waals surface area contributed by atoms with Crippen LogP contribution in [-0.2, 0) is 9.59 Å². The van der Waals surface area contributed by atoms with Gasteiger partial charge in [-0.3, -0.25) is 19.8 Å². The van der Waals surface area contributed by atoms with E-state index in [0.29, 0.717) is 22.0 Å². The molecule has 0 aromatic heterocycles. The topological polar surface area (TPSA) is 61.9 Å². The summed E-state index contributed by atoms with van der Waals surface area (Å²) >= 11 is 12.0. The number of ether oxygens (including phenoxy) is 1. The van der Waals surface area contributed by atoms with Crippen molar-refractivity contribution in [1.82, 2.24) is 5.32 Å². The number of carbonyl (C=O) groups is 2. The van der Waals surface area contributed by atoms with Crippen LogP contribution in [0.25, 0.3) is 11.6 Å². The van der Waals surface area contributed by atoms with Crippen LogP contribution in [0.5, 0.6) is 5.75 Å².